The molecule has 0 aliphatic rings. The Bertz CT molecular complexity index is 388. The maximum atomic E-state index is 13.4. The van der Waals surface area contributed by atoms with E-state index in [4.69, 9.17) is 11.6 Å². The molecule has 0 unspecified atom stereocenters. The molecular formula is C15H21ClFN. The molecule has 0 spiro atoms. The summed E-state index contributed by atoms with van der Waals surface area (Å²) in [6, 6.07) is 4.66. The maximum Gasteiger partial charge on any atom is 0.126 e. The lowest BCUT2D eigenvalue weighted by Crippen LogP contribution is -2.20. The molecule has 0 aliphatic heterocycles. The Labute approximate surface area is 114 Å². The van der Waals surface area contributed by atoms with Crippen molar-refractivity contribution in [1.29, 1.82) is 0 Å². The number of hydrogen-bond acceptors (Lipinski definition) is 1. The molecule has 0 atom stereocenters. The second kappa shape index (κ2) is 8.28. The largest absolute Gasteiger partial charge is 0.316 e. The summed E-state index contributed by atoms with van der Waals surface area (Å²) < 4.78 is 13.4. The number of benzene rings is 1. The van der Waals surface area contributed by atoms with Gasteiger partial charge in [0.2, 0.25) is 0 Å². The highest BCUT2D eigenvalue weighted by molar-refractivity contribution is 6.30. The minimum Gasteiger partial charge on any atom is -0.316 e. The van der Waals surface area contributed by atoms with Gasteiger partial charge in [-0.1, -0.05) is 37.6 Å². The molecule has 0 aliphatic carbocycles. The zero-order valence-corrected chi connectivity index (χ0v) is 11.8. The molecule has 1 N–H and O–H groups in total. The van der Waals surface area contributed by atoms with Crippen molar-refractivity contribution in [2.45, 2.75) is 26.7 Å². The molecule has 1 aromatic rings. The molecule has 0 radical (unpaired) electrons. The van der Waals surface area contributed by atoms with E-state index in [2.05, 4.69) is 25.2 Å². The van der Waals surface area contributed by atoms with E-state index < -0.39 is 0 Å². The molecule has 1 rings (SSSR count). The molecule has 100 valence electrons. The van der Waals surface area contributed by atoms with Gasteiger partial charge in [-0.15, -0.1) is 0 Å². The van der Waals surface area contributed by atoms with E-state index in [9.17, 15) is 4.39 Å². The molecular weight excluding hydrogens is 249 g/mol. The highest BCUT2D eigenvalue weighted by Crippen LogP contribution is 2.15. The third kappa shape index (κ3) is 6.18. The van der Waals surface area contributed by atoms with Crippen molar-refractivity contribution in [2.75, 3.05) is 13.1 Å². The molecule has 0 bridgehead atoms. The highest BCUT2D eigenvalue weighted by Gasteiger charge is 2.00. The van der Waals surface area contributed by atoms with Crippen molar-refractivity contribution in [3.8, 4) is 0 Å². The van der Waals surface area contributed by atoms with Crippen LogP contribution >= 0.6 is 11.6 Å². The van der Waals surface area contributed by atoms with Crippen molar-refractivity contribution < 1.29 is 4.39 Å². The standard InChI is InChI=1S/C15H21ClFN/c1-12(2)11-18-9-5-3-4-6-13-10-14(16)7-8-15(13)17/h3-4,7-8,10,12,18H,5-6,9,11H2,1-2H3/b4-3+. The van der Waals surface area contributed by atoms with Gasteiger partial charge in [0.15, 0.2) is 0 Å². The van der Waals surface area contributed by atoms with Crippen LogP contribution in [0.5, 0.6) is 0 Å². The minimum atomic E-state index is -0.193. The van der Waals surface area contributed by atoms with E-state index in [1.54, 1.807) is 12.1 Å². The summed E-state index contributed by atoms with van der Waals surface area (Å²) >= 11 is 5.83. The van der Waals surface area contributed by atoms with Crippen LogP contribution in [0, 0.1) is 11.7 Å². The van der Waals surface area contributed by atoms with Gasteiger partial charge in [-0.05, 0) is 55.6 Å². The van der Waals surface area contributed by atoms with E-state index in [1.807, 2.05) is 6.08 Å². The van der Waals surface area contributed by atoms with Gasteiger partial charge in [0, 0.05) is 5.02 Å². The Morgan fingerprint density at radius 1 is 1.33 bits per heavy atom. The number of hydrogen-bond donors (Lipinski definition) is 1. The summed E-state index contributed by atoms with van der Waals surface area (Å²) in [4.78, 5) is 0. The molecule has 0 saturated carbocycles. The molecule has 0 fully saturated rings. The Balaban J connectivity index is 2.25. The first-order chi connectivity index (χ1) is 8.59. The van der Waals surface area contributed by atoms with Crippen molar-refractivity contribution in [2.24, 2.45) is 5.92 Å². The SMILES string of the molecule is CC(C)CNCC/C=C/Cc1cc(Cl)ccc1F. The van der Waals surface area contributed by atoms with Crippen LogP contribution in [0.2, 0.25) is 5.02 Å². The van der Waals surface area contributed by atoms with Crippen molar-refractivity contribution in [1.82, 2.24) is 5.32 Å². The van der Waals surface area contributed by atoms with Crippen LogP contribution in [0.3, 0.4) is 0 Å². The number of allylic oxidation sites excluding steroid dienone is 1. The zero-order chi connectivity index (χ0) is 13.4. The van der Waals surface area contributed by atoms with E-state index in [0.717, 1.165) is 19.5 Å². The third-order valence-corrected chi connectivity index (χ3v) is 2.79. The third-order valence-electron chi connectivity index (χ3n) is 2.55. The molecule has 1 aromatic carbocycles. The predicted octanol–water partition coefficient (Wildman–Crippen LogP) is 4.21. The molecule has 18 heavy (non-hydrogen) atoms. The number of rotatable bonds is 7. The Morgan fingerprint density at radius 3 is 2.83 bits per heavy atom. The van der Waals surface area contributed by atoms with Crippen LogP contribution in [-0.4, -0.2) is 13.1 Å². The molecule has 0 amide bonds. The quantitative estimate of drug-likeness (QED) is 0.577. The van der Waals surface area contributed by atoms with Gasteiger partial charge in [-0.2, -0.15) is 0 Å². The second-order valence-electron chi connectivity index (χ2n) is 4.80. The fourth-order valence-corrected chi connectivity index (χ4v) is 1.80. The molecule has 0 saturated heterocycles. The topological polar surface area (TPSA) is 12.0 Å². The summed E-state index contributed by atoms with van der Waals surface area (Å²) in [7, 11) is 0. The van der Waals surface area contributed by atoms with E-state index in [1.165, 1.54) is 6.07 Å². The van der Waals surface area contributed by atoms with Crippen molar-refractivity contribution in [3.05, 3.63) is 46.8 Å². The molecule has 1 nitrogen and oxygen atoms in total. The Kier molecular flexibility index (Phi) is 6.99. The van der Waals surface area contributed by atoms with E-state index in [0.29, 0.717) is 22.9 Å². The number of halogens is 2. The monoisotopic (exact) mass is 269 g/mol. The van der Waals surface area contributed by atoms with Crippen LogP contribution < -0.4 is 5.32 Å². The maximum absolute atomic E-state index is 13.4. The van der Waals surface area contributed by atoms with Crippen LogP contribution in [0.25, 0.3) is 0 Å². The molecule has 0 heterocycles. The zero-order valence-electron chi connectivity index (χ0n) is 11.0. The lowest BCUT2D eigenvalue weighted by Gasteiger charge is -2.05. The van der Waals surface area contributed by atoms with Crippen LogP contribution in [-0.2, 0) is 6.42 Å². The lowest BCUT2D eigenvalue weighted by atomic mass is 10.1. The van der Waals surface area contributed by atoms with Gasteiger partial charge in [0.05, 0.1) is 0 Å². The van der Waals surface area contributed by atoms with Crippen molar-refractivity contribution in [3.63, 3.8) is 0 Å². The highest BCUT2D eigenvalue weighted by atomic mass is 35.5. The fourth-order valence-electron chi connectivity index (χ4n) is 1.60. The van der Waals surface area contributed by atoms with Gasteiger partial charge in [-0.25, -0.2) is 4.39 Å². The smallest absolute Gasteiger partial charge is 0.126 e. The first-order valence-corrected chi connectivity index (χ1v) is 6.77. The van der Waals surface area contributed by atoms with Gasteiger partial charge in [0.25, 0.3) is 0 Å². The molecule has 3 heteroatoms. The van der Waals surface area contributed by atoms with Crippen LogP contribution in [0.1, 0.15) is 25.8 Å². The van der Waals surface area contributed by atoms with Gasteiger partial charge in [0.1, 0.15) is 5.82 Å². The summed E-state index contributed by atoms with van der Waals surface area (Å²) in [5, 5.41) is 3.94. The predicted molar refractivity (Wildman–Crippen MR) is 76.6 cm³/mol. The second-order valence-corrected chi connectivity index (χ2v) is 5.23. The first-order valence-electron chi connectivity index (χ1n) is 6.39. The van der Waals surface area contributed by atoms with Gasteiger partial charge >= 0.3 is 0 Å². The Morgan fingerprint density at radius 2 is 2.11 bits per heavy atom. The van der Waals surface area contributed by atoms with Crippen LogP contribution in [0.4, 0.5) is 4.39 Å². The average molecular weight is 270 g/mol. The first kappa shape index (κ1) is 15.2. The minimum absolute atomic E-state index is 0.193. The van der Waals surface area contributed by atoms with Gasteiger partial charge < -0.3 is 5.32 Å². The average Bonchev–Trinajstić information content (AvgIpc) is 2.32. The Hall–Kier alpha value is -0.860. The summed E-state index contributed by atoms with van der Waals surface area (Å²) in [5.41, 5.74) is 0.647. The summed E-state index contributed by atoms with van der Waals surface area (Å²) in [6.45, 7) is 6.37. The van der Waals surface area contributed by atoms with Crippen molar-refractivity contribution >= 4 is 11.6 Å². The fraction of sp³-hybridized carbons (Fsp3) is 0.467. The van der Waals surface area contributed by atoms with E-state index >= 15 is 0 Å². The summed E-state index contributed by atoms with van der Waals surface area (Å²) in [5.74, 6) is 0.483. The number of nitrogens with one attached hydrogen (secondary N) is 1. The van der Waals surface area contributed by atoms with Gasteiger partial charge in [-0.3, -0.25) is 0 Å². The summed E-state index contributed by atoms with van der Waals surface area (Å²) in [6.07, 6.45) is 5.63. The molecule has 0 aromatic heterocycles. The lowest BCUT2D eigenvalue weighted by molar-refractivity contribution is 0.556. The normalized spacial score (nSPS) is 11.6. The van der Waals surface area contributed by atoms with Crippen LogP contribution in [0.15, 0.2) is 30.4 Å². The van der Waals surface area contributed by atoms with E-state index in [-0.39, 0.29) is 5.82 Å².